The Hall–Kier alpha value is -1.68. The van der Waals surface area contributed by atoms with Gasteiger partial charge in [-0.05, 0) is 18.3 Å². The van der Waals surface area contributed by atoms with Gasteiger partial charge in [-0.2, -0.15) is 0 Å². The van der Waals surface area contributed by atoms with Crippen molar-refractivity contribution in [3.05, 3.63) is 35.2 Å². The lowest BCUT2D eigenvalue weighted by Gasteiger charge is -2.36. The van der Waals surface area contributed by atoms with Crippen molar-refractivity contribution in [3.63, 3.8) is 0 Å². The molecular formula is C17H20N2OS. The molecule has 1 aliphatic heterocycles. The maximum atomic E-state index is 11.4. The highest BCUT2D eigenvalue weighted by Gasteiger charge is 2.27. The van der Waals surface area contributed by atoms with Crippen LogP contribution in [0, 0.1) is 5.41 Å². The molecule has 0 atom stereocenters. The topological polar surface area (TPSA) is 33.2 Å². The van der Waals surface area contributed by atoms with Gasteiger partial charge in [0.25, 0.3) is 0 Å². The Kier molecular flexibility index (Phi) is 3.81. The normalized spacial score (nSPS) is 17.7. The first-order chi connectivity index (χ1) is 10.1. The number of carbonyl (C=O) groups excluding carboxylic acids is 1. The van der Waals surface area contributed by atoms with E-state index in [1.54, 1.807) is 0 Å². The van der Waals surface area contributed by atoms with E-state index in [-0.39, 0.29) is 0 Å². The van der Waals surface area contributed by atoms with Gasteiger partial charge in [-0.1, -0.05) is 55.5 Å². The summed E-state index contributed by atoms with van der Waals surface area (Å²) in [6.07, 6.45) is 3.27. The molecule has 0 spiro atoms. The summed E-state index contributed by atoms with van der Waals surface area (Å²) in [6, 6.07) is 9.94. The Balaban J connectivity index is 1.88. The Labute approximate surface area is 129 Å². The molecule has 0 saturated carbocycles. The molecule has 0 amide bonds. The molecule has 1 aliphatic rings. The summed E-state index contributed by atoms with van der Waals surface area (Å²) < 4.78 is 0. The number of benzene rings is 1. The van der Waals surface area contributed by atoms with Gasteiger partial charge in [-0.15, -0.1) is 0 Å². The quantitative estimate of drug-likeness (QED) is 0.795. The number of aldehydes is 1. The van der Waals surface area contributed by atoms with Crippen LogP contribution in [0.4, 0.5) is 5.13 Å². The zero-order chi connectivity index (χ0) is 14.9. The first-order valence-electron chi connectivity index (χ1n) is 7.35. The number of thiazole rings is 1. The number of hydrogen-bond acceptors (Lipinski definition) is 4. The van der Waals surface area contributed by atoms with Crippen LogP contribution in [-0.2, 0) is 0 Å². The Morgan fingerprint density at radius 1 is 1.19 bits per heavy atom. The molecule has 110 valence electrons. The van der Waals surface area contributed by atoms with Crippen LogP contribution in [0.3, 0.4) is 0 Å². The van der Waals surface area contributed by atoms with E-state index in [9.17, 15) is 4.79 Å². The third-order valence-corrected chi connectivity index (χ3v) is 5.23. The molecule has 1 aromatic heterocycles. The van der Waals surface area contributed by atoms with Gasteiger partial charge >= 0.3 is 0 Å². The number of nitrogens with zero attached hydrogens (tertiary/aromatic N) is 2. The van der Waals surface area contributed by atoms with Gasteiger partial charge in [0.15, 0.2) is 11.4 Å². The third kappa shape index (κ3) is 3.00. The highest BCUT2D eigenvalue weighted by molar-refractivity contribution is 7.17. The minimum absolute atomic E-state index is 0.420. The lowest BCUT2D eigenvalue weighted by atomic mass is 9.83. The van der Waals surface area contributed by atoms with Crippen molar-refractivity contribution in [2.75, 3.05) is 18.0 Å². The molecule has 4 heteroatoms. The Bertz CT molecular complexity index is 623. The molecule has 2 heterocycles. The fourth-order valence-corrected chi connectivity index (χ4v) is 3.60. The van der Waals surface area contributed by atoms with Crippen LogP contribution in [0.2, 0.25) is 0 Å². The van der Waals surface area contributed by atoms with Crippen LogP contribution in [-0.4, -0.2) is 24.4 Å². The van der Waals surface area contributed by atoms with Gasteiger partial charge in [0.1, 0.15) is 0 Å². The fourth-order valence-electron chi connectivity index (χ4n) is 2.64. The van der Waals surface area contributed by atoms with Crippen molar-refractivity contribution >= 4 is 22.8 Å². The van der Waals surface area contributed by atoms with E-state index < -0.39 is 0 Å². The van der Waals surface area contributed by atoms with Crippen molar-refractivity contribution in [2.24, 2.45) is 5.41 Å². The number of rotatable bonds is 3. The molecule has 1 saturated heterocycles. The second kappa shape index (κ2) is 5.60. The molecule has 0 unspecified atom stereocenters. The predicted molar refractivity (Wildman–Crippen MR) is 88.2 cm³/mol. The van der Waals surface area contributed by atoms with Gasteiger partial charge in [0.05, 0.1) is 10.6 Å². The average molecular weight is 300 g/mol. The van der Waals surface area contributed by atoms with Crippen LogP contribution in [0.5, 0.6) is 0 Å². The molecule has 3 rings (SSSR count). The summed E-state index contributed by atoms with van der Waals surface area (Å²) in [6.45, 7) is 6.68. The number of hydrogen-bond donors (Lipinski definition) is 0. The summed E-state index contributed by atoms with van der Waals surface area (Å²) in [5, 5.41) is 0.978. The second-order valence-electron chi connectivity index (χ2n) is 6.34. The van der Waals surface area contributed by atoms with Crippen LogP contribution in [0.15, 0.2) is 30.3 Å². The van der Waals surface area contributed by atoms with Crippen LogP contribution < -0.4 is 4.90 Å². The fraction of sp³-hybridized carbons (Fsp3) is 0.412. The molecule has 1 aromatic carbocycles. The SMILES string of the molecule is CC1(C)CCN(c2nc(-c3ccccc3)c(C=O)s2)CC1. The highest BCUT2D eigenvalue weighted by atomic mass is 32.1. The van der Waals surface area contributed by atoms with Crippen LogP contribution in [0.25, 0.3) is 11.3 Å². The van der Waals surface area contributed by atoms with E-state index in [4.69, 9.17) is 4.98 Å². The first-order valence-corrected chi connectivity index (χ1v) is 8.17. The molecule has 0 bridgehead atoms. The average Bonchev–Trinajstić information content (AvgIpc) is 2.92. The lowest BCUT2D eigenvalue weighted by molar-refractivity contribution is 0.112. The van der Waals surface area contributed by atoms with E-state index in [1.165, 1.54) is 24.2 Å². The monoisotopic (exact) mass is 300 g/mol. The second-order valence-corrected chi connectivity index (χ2v) is 7.35. The van der Waals surface area contributed by atoms with Crippen LogP contribution in [0.1, 0.15) is 36.4 Å². The number of anilines is 1. The smallest absolute Gasteiger partial charge is 0.186 e. The Morgan fingerprint density at radius 3 is 2.48 bits per heavy atom. The van der Waals surface area contributed by atoms with Gasteiger partial charge in [-0.25, -0.2) is 4.98 Å². The molecule has 0 N–H and O–H groups in total. The maximum Gasteiger partial charge on any atom is 0.186 e. The standard InChI is InChI=1S/C17H20N2OS/c1-17(2)8-10-19(11-9-17)16-18-15(14(12-20)21-16)13-6-4-3-5-7-13/h3-7,12H,8-11H2,1-2H3. The van der Waals surface area contributed by atoms with Crippen LogP contribution >= 0.6 is 11.3 Å². The van der Waals surface area contributed by atoms with Crippen molar-refractivity contribution < 1.29 is 4.79 Å². The number of piperidine rings is 1. The van der Waals surface area contributed by atoms with Gasteiger partial charge < -0.3 is 4.90 Å². The number of carbonyl (C=O) groups is 1. The van der Waals surface area contributed by atoms with E-state index in [0.717, 1.165) is 40.6 Å². The summed E-state index contributed by atoms with van der Waals surface area (Å²) in [5.41, 5.74) is 2.25. The highest BCUT2D eigenvalue weighted by Crippen LogP contribution is 2.36. The minimum atomic E-state index is 0.420. The molecule has 2 aromatic rings. The predicted octanol–water partition coefficient (Wildman–Crippen LogP) is 4.25. The van der Waals surface area contributed by atoms with E-state index in [1.807, 2.05) is 30.3 Å². The summed E-state index contributed by atoms with van der Waals surface area (Å²) >= 11 is 1.51. The van der Waals surface area contributed by atoms with Crippen molar-refractivity contribution in [1.29, 1.82) is 0 Å². The van der Waals surface area contributed by atoms with Crippen molar-refractivity contribution in [1.82, 2.24) is 4.98 Å². The minimum Gasteiger partial charge on any atom is -0.348 e. The zero-order valence-electron chi connectivity index (χ0n) is 12.5. The molecule has 0 aliphatic carbocycles. The van der Waals surface area contributed by atoms with Gasteiger partial charge in [0, 0.05) is 18.7 Å². The zero-order valence-corrected chi connectivity index (χ0v) is 13.3. The largest absolute Gasteiger partial charge is 0.348 e. The lowest BCUT2D eigenvalue weighted by Crippen LogP contribution is -2.37. The van der Waals surface area contributed by atoms with E-state index in [2.05, 4.69) is 18.7 Å². The Morgan fingerprint density at radius 2 is 1.86 bits per heavy atom. The van der Waals surface area contributed by atoms with Gasteiger partial charge in [-0.3, -0.25) is 4.79 Å². The molecule has 1 fully saturated rings. The van der Waals surface area contributed by atoms with E-state index >= 15 is 0 Å². The summed E-state index contributed by atoms with van der Waals surface area (Å²) in [4.78, 5) is 19.1. The summed E-state index contributed by atoms with van der Waals surface area (Å²) in [5.74, 6) is 0. The van der Waals surface area contributed by atoms with Crippen molar-refractivity contribution in [3.8, 4) is 11.3 Å². The maximum absolute atomic E-state index is 11.4. The van der Waals surface area contributed by atoms with Gasteiger partial charge in [0.2, 0.25) is 0 Å². The molecule has 21 heavy (non-hydrogen) atoms. The van der Waals surface area contributed by atoms with E-state index in [0.29, 0.717) is 5.41 Å². The third-order valence-electron chi connectivity index (χ3n) is 4.18. The molecular weight excluding hydrogens is 280 g/mol. The van der Waals surface area contributed by atoms with Crippen molar-refractivity contribution in [2.45, 2.75) is 26.7 Å². The number of aromatic nitrogens is 1. The molecule has 0 radical (unpaired) electrons. The molecule has 3 nitrogen and oxygen atoms in total. The first kappa shape index (κ1) is 14.3. The summed E-state index contributed by atoms with van der Waals surface area (Å²) in [7, 11) is 0.